The Morgan fingerprint density at radius 2 is 1.58 bits per heavy atom. The van der Waals surface area contributed by atoms with E-state index in [1.165, 1.54) is 0 Å². The van der Waals surface area contributed by atoms with Crippen LogP contribution in [-0.2, 0) is 6.54 Å². The monoisotopic (exact) mass is 352 g/mol. The fourth-order valence-electron chi connectivity index (χ4n) is 3.68. The lowest BCUT2D eigenvalue weighted by Gasteiger charge is -2.36. The lowest BCUT2D eigenvalue weighted by atomic mass is 9.80. The van der Waals surface area contributed by atoms with Gasteiger partial charge in [-0.15, -0.1) is 0 Å². The molecule has 0 bridgehead atoms. The molecule has 136 valence electrons. The topological polar surface area (TPSA) is 72.2 Å². The number of anilines is 1. The average molecular weight is 352 g/mol. The van der Waals surface area contributed by atoms with Crippen LogP contribution >= 0.6 is 0 Å². The number of fused-ring (bicyclic) bond motifs is 2. The molecule has 0 spiro atoms. The standard InChI is InChI=1S/C21H25N3O2/c1-5-17(22)24(3,4)12-13-10-11-16(23-2)19-18(13)20(25)14-8-6-7-9-15(14)21(19)26/h6-11,17H,5,12,22H2,1-4H3/p+1. The highest BCUT2D eigenvalue weighted by Gasteiger charge is 2.35. The maximum absolute atomic E-state index is 13.2. The smallest absolute Gasteiger partial charge is 0.196 e. The van der Waals surface area contributed by atoms with Crippen molar-refractivity contribution in [1.29, 1.82) is 0 Å². The summed E-state index contributed by atoms with van der Waals surface area (Å²) in [4.78, 5) is 26.4. The van der Waals surface area contributed by atoms with Crippen LogP contribution in [-0.4, -0.2) is 43.4 Å². The maximum Gasteiger partial charge on any atom is 0.196 e. The minimum absolute atomic E-state index is 0.0451. The number of hydrogen-bond acceptors (Lipinski definition) is 4. The quantitative estimate of drug-likeness (QED) is 0.547. The molecule has 1 aliphatic carbocycles. The van der Waals surface area contributed by atoms with Crippen molar-refractivity contribution in [3.8, 4) is 0 Å². The van der Waals surface area contributed by atoms with E-state index in [4.69, 9.17) is 5.73 Å². The molecule has 0 radical (unpaired) electrons. The number of benzene rings is 2. The first kappa shape index (κ1) is 18.3. The van der Waals surface area contributed by atoms with Crippen molar-refractivity contribution in [1.82, 2.24) is 0 Å². The molecule has 1 aliphatic rings. The lowest BCUT2D eigenvalue weighted by molar-refractivity contribution is -0.927. The average Bonchev–Trinajstić information content (AvgIpc) is 2.64. The highest BCUT2D eigenvalue weighted by molar-refractivity contribution is 6.30. The van der Waals surface area contributed by atoms with Crippen LogP contribution in [0.3, 0.4) is 0 Å². The Bertz CT molecular complexity index is 887. The molecule has 0 aliphatic heterocycles. The third-order valence-electron chi connectivity index (χ3n) is 5.33. The first-order valence-electron chi connectivity index (χ1n) is 8.92. The second-order valence-electron chi connectivity index (χ2n) is 7.39. The SMILES string of the molecule is CCC(N)[N+](C)(C)Cc1ccc(NC)c2c1C(=O)c1ccccc1C2=O. The second kappa shape index (κ2) is 6.67. The number of hydrogen-bond donors (Lipinski definition) is 2. The van der Waals surface area contributed by atoms with Gasteiger partial charge in [-0.3, -0.25) is 15.3 Å². The van der Waals surface area contributed by atoms with Gasteiger partial charge in [-0.25, -0.2) is 0 Å². The zero-order chi connectivity index (χ0) is 19.1. The molecule has 5 nitrogen and oxygen atoms in total. The molecule has 2 aromatic rings. The number of quaternary nitrogens is 1. The van der Waals surface area contributed by atoms with Crippen molar-refractivity contribution >= 4 is 17.3 Å². The number of carbonyl (C=O) groups excluding carboxylic acids is 2. The highest BCUT2D eigenvalue weighted by Crippen LogP contribution is 2.35. The maximum atomic E-state index is 13.2. The Hall–Kier alpha value is -2.50. The molecule has 0 fully saturated rings. The highest BCUT2D eigenvalue weighted by atomic mass is 16.1. The van der Waals surface area contributed by atoms with Gasteiger partial charge in [0.2, 0.25) is 0 Å². The summed E-state index contributed by atoms with van der Waals surface area (Å²) in [7, 11) is 5.87. The minimum Gasteiger partial charge on any atom is -0.388 e. The van der Waals surface area contributed by atoms with Crippen LogP contribution in [0.5, 0.6) is 0 Å². The zero-order valence-corrected chi connectivity index (χ0v) is 15.8. The zero-order valence-electron chi connectivity index (χ0n) is 15.8. The number of carbonyl (C=O) groups is 2. The number of nitrogens with zero attached hydrogens (tertiary/aromatic N) is 1. The van der Waals surface area contributed by atoms with Crippen molar-refractivity contribution in [3.05, 3.63) is 64.2 Å². The molecule has 0 saturated carbocycles. The molecular formula is C21H26N3O2+. The molecule has 26 heavy (non-hydrogen) atoms. The number of nitrogens with two attached hydrogens (primary N) is 1. The minimum atomic E-state index is -0.105. The number of rotatable bonds is 5. The van der Waals surface area contributed by atoms with Gasteiger partial charge in [0, 0.05) is 41.4 Å². The van der Waals surface area contributed by atoms with Gasteiger partial charge < -0.3 is 9.80 Å². The van der Waals surface area contributed by atoms with E-state index in [1.54, 1.807) is 31.3 Å². The van der Waals surface area contributed by atoms with E-state index >= 15 is 0 Å². The van der Waals surface area contributed by atoms with Gasteiger partial charge in [-0.1, -0.05) is 37.3 Å². The summed E-state index contributed by atoms with van der Waals surface area (Å²) in [5, 5.41) is 3.06. The van der Waals surface area contributed by atoms with E-state index in [-0.39, 0.29) is 17.7 Å². The van der Waals surface area contributed by atoms with Crippen LogP contribution in [0.4, 0.5) is 5.69 Å². The summed E-state index contributed by atoms with van der Waals surface area (Å²) in [5.41, 5.74) is 9.75. The molecule has 0 heterocycles. The Kier molecular flexibility index (Phi) is 4.69. The van der Waals surface area contributed by atoms with Crippen molar-refractivity contribution in [2.75, 3.05) is 26.5 Å². The molecule has 1 unspecified atom stereocenters. The first-order chi connectivity index (χ1) is 12.3. The van der Waals surface area contributed by atoms with Gasteiger partial charge in [0.25, 0.3) is 0 Å². The van der Waals surface area contributed by atoms with Gasteiger partial charge >= 0.3 is 0 Å². The number of ketones is 2. The van der Waals surface area contributed by atoms with Crippen LogP contribution in [0, 0.1) is 0 Å². The Morgan fingerprint density at radius 3 is 2.12 bits per heavy atom. The third kappa shape index (κ3) is 2.83. The van der Waals surface area contributed by atoms with E-state index < -0.39 is 0 Å². The van der Waals surface area contributed by atoms with Crippen molar-refractivity contribution in [2.45, 2.75) is 26.1 Å². The van der Waals surface area contributed by atoms with Gasteiger partial charge in [0.15, 0.2) is 11.6 Å². The largest absolute Gasteiger partial charge is 0.388 e. The second-order valence-corrected chi connectivity index (χ2v) is 7.39. The van der Waals surface area contributed by atoms with E-state index in [2.05, 4.69) is 26.3 Å². The van der Waals surface area contributed by atoms with Gasteiger partial charge in [-0.2, -0.15) is 0 Å². The van der Waals surface area contributed by atoms with Crippen LogP contribution < -0.4 is 11.1 Å². The van der Waals surface area contributed by atoms with Crippen molar-refractivity contribution < 1.29 is 14.1 Å². The molecule has 0 amide bonds. The summed E-state index contributed by atoms with van der Waals surface area (Å²) < 4.78 is 0.547. The van der Waals surface area contributed by atoms with E-state index in [1.807, 2.05) is 12.1 Å². The molecule has 1 atom stereocenters. The summed E-state index contributed by atoms with van der Waals surface area (Å²) in [6.07, 6.45) is 0.788. The fraction of sp³-hybridized carbons (Fsp3) is 0.333. The molecular weight excluding hydrogens is 326 g/mol. The molecule has 0 aromatic heterocycles. The Balaban J connectivity index is 2.20. The van der Waals surface area contributed by atoms with Crippen LogP contribution in [0.25, 0.3) is 0 Å². The summed E-state index contributed by atoms with van der Waals surface area (Å²) in [6, 6.07) is 10.8. The predicted molar refractivity (Wildman–Crippen MR) is 103 cm³/mol. The van der Waals surface area contributed by atoms with Crippen LogP contribution in [0.15, 0.2) is 36.4 Å². The summed E-state index contributed by atoms with van der Waals surface area (Å²) >= 11 is 0. The number of nitrogens with one attached hydrogen (secondary N) is 1. The Morgan fingerprint density at radius 1 is 1.00 bits per heavy atom. The van der Waals surface area contributed by atoms with Crippen molar-refractivity contribution in [3.63, 3.8) is 0 Å². The van der Waals surface area contributed by atoms with Crippen molar-refractivity contribution in [2.24, 2.45) is 5.73 Å². The normalized spacial score (nSPS) is 14.7. The van der Waals surface area contributed by atoms with E-state index in [0.717, 1.165) is 12.0 Å². The molecule has 5 heteroatoms. The Labute approximate surface area is 154 Å². The first-order valence-corrected chi connectivity index (χ1v) is 8.92. The van der Waals surface area contributed by atoms with E-state index in [9.17, 15) is 9.59 Å². The van der Waals surface area contributed by atoms with Gasteiger partial charge in [0.1, 0.15) is 12.7 Å². The molecule has 3 N–H and O–H groups in total. The summed E-state index contributed by atoms with van der Waals surface area (Å²) in [6.45, 7) is 2.64. The van der Waals surface area contributed by atoms with Crippen LogP contribution in [0.2, 0.25) is 0 Å². The van der Waals surface area contributed by atoms with Crippen LogP contribution in [0.1, 0.15) is 50.8 Å². The molecule has 0 saturated heterocycles. The third-order valence-corrected chi connectivity index (χ3v) is 5.33. The predicted octanol–water partition coefficient (Wildman–Crippen LogP) is 2.77. The fourth-order valence-corrected chi connectivity index (χ4v) is 3.68. The van der Waals surface area contributed by atoms with Gasteiger partial charge in [0.05, 0.1) is 19.7 Å². The summed E-state index contributed by atoms with van der Waals surface area (Å²) in [5.74, 6) is -0.195. The molecule has 2 aromatic carbocycles. The van der Waals surface area contributed by atoms with E-state index in [0.29, 0.717) is 39.0 Å². The lowest BCUT2D eigenvalue weighted by Crippen LogP contribution is -2.53. The van der Waals surface area contributed by atoms with Gasteiger partial charge in [-0.05, 0) is 6.07 Å². The molecule has 3 rings (SSSR count).